The van der Waals surface area contributed by atoms with Crippen molar-refractivity contribution < 1.29 is 13.2 Å². The quantitative estimate of drug-likeness (QED) is 0.228. The lowest BCUT2D eigenvalue weighted by molar-refractivity contribution is -0.133. The smallest absolute Gasteiger partial charge is 0.171 e. The van der Waals surface area contributed by atoms with Crippen LogP contribution in [-0.2, 0) is 0 Å². The van der Waals surface area contributed by atoms with Crippen molar-refractivity contribution in [3.63, 3.8) is 0 Å². The summed E-state index contributed by atoms with van der Waals surface area (Å²) in [5.41, 5.74) is 2.28. The summed E-state index contributed by atoms with van der Waals surface area (Å²) in [5.74, 6) is 1.35. The average Bonchev–Trinajstić information content (AvgIpc) is 2.82. The van der Waals surface area contributed by atoms with Crippen molar-refractivity contribution in [3.05, 3.63) is 66.3 Å². The van der Waals surface area contributed by atoms with Crippen molar-refractivity contribution in [2.24, 2.45) is 17.3 Å². The van der Waals surface area contributed by atoms with Crippen LogP contribution in [0.1, 0.15) is 96.0 Å². The second kappa shape index (κ2) is 12.6. The number of rotatable bonds is 11. The highest BCUT2D eigenvalue weighted by atomic mass is 19.4. The molecule has 2 aliphatic rings. The van der Waals surface area contributed by atoms with E-state index in [2.05, 4.69) is 43.4 Å². The third-order valence-corrected chi connectivity index (χ3v) is 7.70. The largest absolute Gasteiger partial charge is 0.389 e. The minimum atomic E-state index is -4.09. The van der Waals surface area contributed by atoms with Crippen LogP contribution in [-0.4, -0.2) is 6.18 Å². The van der Waals surface area contributed by atoms with E-state index in [1.807, 2.05) is 18.2 Å². The first-order valence-corrected chi connectivity index (χ1v) is 13.1. The monoisotopic (exact) mass is 458 g/mol. The van der Waals surface area contributed by atoms with Gasteiger partial charge in [-0.05, 0) is 48.7 Å². The summed E-state index contributed by atoms with van der Waals surface area (Å²) in [6.45, 7) is 2.26. The molecule has 0 bridgehead atoms. The molecule has 1 unspecified atom stereocenters. The van der Waals surface area contributed by atoms with Gasteiger partial charge in [-0.1, -0.05) is 119 Å². The molecule has 3 rings (SSSR count). The number of hydrogen-bond acceptors (Lipinski definition) is 0. The summed E-state index contributed by atoms with van der Waals surface area (Å²) in [6, 6.07) is 10.4. The number of alkyl halides is 3. The molecule has 0 saturated heterocycles. The van der Waals surface area contributed by atoms with Crippen LogP contribution in [0.2, 0.25) is 0 Å². The van der Waals surface area contributed by atoms with Crippen LogP contribution in [0, 0.1) is 17.3 Å². The Hall–Kier alpha value is -1.77. The van der Waals surface area contributed by atoms with Gasteiger partial charge in [0.05, 0.1) is 0 Å². The summed E-state index contributed by atoms with van der Waals surface area (Å²) in [4.78, 5) is 0. The van der Waals surface area contributed by atoms with Crippen molar-refractivity contribution in [1.29, 1.82) is 0 Å². The van der Waals surface area contributed by atoms with Crippen molar-refractivity contribution in [3.8, 4) is 0 Å². The molecular formula is C30H41F3. The van der Waals surface area contributed by atoms with Crippen LogP contribution in [0.15, 0.2) is 60.7 Å². The molecule has 1 fully saturated rings. The van der Waals surface area contributed by atoms with E-state index in [-0.39, 0.29) is 11.8 Å². The Labute approximate surface area is 199 Å². The zero-order valence-electron chi connectivity index (χ0n) is 20.3. The zero-order chi connectivity index (χ0) is 23.6. The number of allylic oxidation sites excluding steroid dienone is 6. The molecule has 0 radical (unpaired) electrons. The van der Waals surface area contributed by atoms with Gasteiger partial charge in [-0.3, -0.25) is 0 Å². The summed E-state index contributed by atoms with van der Waals surface area (Å²) >= 11 is 0. The molecular weight excluding hydrogens is 417 g/mol. The lowest BCUT2D eigenvalue weighted by Gasteiger charge is -2.42. The maximum absolute atomic E-state index is 12.7. The van der Waals surface area contributed by atoms with E-state index < -0.39 is 12.6 Å². The molecule has 1 aromatic rings. The van der Waals surface area contributed by atoms with E-state index in [4.69, 9.17) is 0 Å². The first-order chi connectivity index (χ1) is 15.9. The van der Waals surface area contributed by atoms with Crippen molar-refractivity contribution in [2.75, 3.05) is 0 Å². The molecule has 0 amide bonds. The van der Waals surface area contributed by atoms with E-state index in [0.29, 0.717) is 5.92 Å². The highest BCUT2D eigenvalue weighted by molar-refractivity contribution is 5.75. The van der Waals surface area contributed by atoms with E-state index in [0.717, 1.165) is 12.3 Å². The average molecular weight is 459 g/mol. The van der Waals surface area contributed by atoms with Gasteiger partial charge in [-0.25, -0.2) is 0 Å². The van der Waals surface area contributed by atoms with Crippen LogP contribution < -0.4 is 0 Å². The Morgan fingerprint density at radius 1 is 0.970 bits per heavy atom. The van der Waals surface area contributed by atoms with Gasteiger partial charge < -0.3 is 0 Å². The van der Waals surface area contributed by atoms with Gasteiger partial charge >= 0.3 is 6.18 Å². The van der Waals surface area contributed by atoms with Crippen LogP contribution in [0.4, 0.5) is 13.2 Å². The summed E-state index contributed by atoms with van der Waals surface area (Å²) in [6.07, 6.45) is 19.8. The van der Waals surface area contributed by atoms with Gasteiger partial charge in [0.1, 0.15) is 0 Å². The van der Waals surface area contributed by atoms with Crippen LogP contribution in [0.25, 0.3) is 5.57 Å². The molecule has 0 N–H and O–H groups in total. The number of halogens is 3. The van der Waals surface area contributed by atoms with Gasteiger partial charge in [0.2, 0.25) is 0 Å². The highest BCUT2D eigenvalue weighted by Gasteiger charge is 2.37. The normalized spacial score (nSPS) is 26.0. The fourth-order valence-corrected chi connectivity index (χ4v) is 5.65. The minimum absolute atomic E-state index is 0.0709. The first kappa shape index (κ1) is 25.8. The summed E-state index contributed by atoms with van der Waals surface area (Å²) < 4.78 is 38.0. The van der Waals surface area contributed by atoms with Gasteiger partial charge in [0.15, 0.2) is 0 Å². The molecule has 182 valence electrons. The first-order valence-electron chi connectivity index (χ1n) is 13.1. The van der Waals surface area contributed by atoms with Gasteiger partial charge in [-0.2, -0.15) is 13.2 Å². The maximum atomic E-state index is 12.7. The summed E-state index contributed by atoms with van der Waals surface area (Å²) in [7, 11) is 0. The van der Waals surface area contributed by atoms with E-state index in [1.165, 1.54) is 75.3 Å². The molecule has 0 heterocycles. The van der Waals surface area contributed by atoms with Crippen LogP contribution in [0.5, 0.6) is 0 Å². The maximum Gasteiger partial charge on any atom is 0.389 e. The lowest BCUT2D eigenvalue weighted by Crippen LogP contribution is -2.31. The van der Waals surface area contributed by atoms with Gasteiger partial charge in [0, 0.05) is 11.8 Å². The van der Waals surface area contributed by atoms with Crippen LogP contribution >= 0.6 is 0 Å². The van der Waals surface area contributed by atoms with Crippen LogP contribution in [0.3, 0.4) is 0 Å². The van der Waals surface area contributed by atoms with E-state index >= 15 is 0 Å². The minimum Gasteiger partial charge on any atom is -0.171 e. The molecule has 0 aliphatic heterocycles. The third kappa shape index (κ3) is 8.19. The Bertz CT molecular complexity index is 779. The highest BCUT2D eigenvalue weighted by Crippen LogP contribution is 2.48. The lowest BCUT2D eigenvalue weighted by atomic mass is 9.63. The van der Waals surface area contributed by atoms with Gasteiger partial charge in [-0.15, -0.1) is 0 Å². The number of hydrogen-bond donors (Lipinski definition) is 0. The predicted molar refractivity (Wildman–Crippen MR) is 134 cm³/mol. The standard InChI is InChI=1S/C30H41F3/c1-2-3-4-5-7-12-25-15-17-28(18-16-25)29(21-10-11-22-30(31,32)33)23-19-27(20-24-29)26-13-8-6-9-14-26/h6,8-10,13-14,19-21,23,25,28H,2-5,7,11-12,15-18,22,24H2,1H3. The molecule has 3 heteroatoms. The Kier molecular flexibility index (Phi) is 9.89. The number of benzene rings is 1. The Morgan fingerprint density at radius 3 is 2.33 bits per heavy atom. The molecule has 1 aromatic carbocycles. The van der Waals surface area contributed by atoms with Crippen molar-refractivity contribution >= 4 is 5.57 Å². The third-order valence-electron chi connectivity index (χ3n) is 7.70. The Balaban J connectivity index is 1.62. The topological polar surface area (TPSA) is 0 Å². The van der Waals surface area contributed by atoms with Gasteiger partial charge in [0.25, 0.3) is 0 Å². The van der Waals surface area contributed by atoms with Crippen molar-refractivity contribution in [1.82, 2.24) is 0 Å². The molecule has 2 aliphatic carbocycles. The fourth-order valence-electron chi connectivity index (χ4n) is 5.65. The van der Waals surface area contributed by atoms with E-state index in [9.17, 15) is 13.2 Å². The number of unbranched alkanes of at least 4 members (excludes halogenated alkanes) is 4. The molecule has 1 atom stereocenters. The fraction of sp³-hybridized carbons (Fsp3) is 0.600. The Morgan fingerprint density at radius 2 is 1.70 bits per heavy atom. The zero-order valence-corrected chi connectivity index (χ0v) is 20.3. The molecule has 1 saturated carbocycles. The van der Waals surface area contributed by atoms with Crippen molar-refractivity contribution in [2.45, 2.75) is 96.6 Å². The SMILES string of the molecule is CCCCCCCC1CCC(C2(C=CCCC(F)(F)F)C=CC(c3ccccc3)=CC2)CC1. The molecule has 0 nitrogen and oxygen atoms in total. The molecule has 0 spiro atoms. The molecule has 33 heavy (non-hydrogen) atoms. The second-order valence-electron chi connectivity index (χ2n) is 10.2. The summed E-state index contributed by atoms with van der Waals surface area (Å²) in [5, 5.41) is 0. The molecule has 0 aromatic heterocycles. The second-order valence-corrected chi connectivity index (χ2v) is 10.2. The van der Waals surface area contributed by atoms with E-state index in [1.54, 1.807) is 6.08 Å². The predicted octanol–water partition coefficient (Wildman–Crippen LogP) is 10.1.